The lowest BCUT2D eigenvalue weighted by Gasteiger charge is -2.30. The van der Waals surface area contributed by atoms with Crippen molar-refractivity contribution in [3.05, 3.63) is 40.7 Å². The van der Waals surface area contributed by atoms with E-state index in [1.807, 2.05) is 0 Å². The largest absolute Gasteiger partial charge is 0.348 e. The molecular formula is C21H25ClFN3OS. The van der Waals surface area contributed by atoms with Crippen LogP contribution in [-0.2, 0) is 11.2 Å². The van der Waals surface area contributed by atoms with Crippen LogP contribution in [0.2, 0.25) is 0 Å². The number of nitrogens with one attached hydrogen (secondary N) is 1. The Morgan fingerprint density at radius 3 is 2.64 bits per heavy atom. The van der Waals surface area contributed by atoms with Crippen molar-refractivity contribution in [1.82, 2.24) is 10.3 Å². The Kier molecular flexibility index (Phi) is 5.47. The number of amides is 1. The highest BCUT2D eigenvalue weighted by atomic mass is 35.5. The van der Waals surface area contributed by atoms with Gasteiger partial charge in [0.2, 0.25) is 5.91 Å². The summed E-state index contributed by atoms with van der Waals surface area (Å²) in [5, 5.41) is 4.20. The fourth-order valence-corrected chi connectivity index (χ4v) is 6.47. The van der Waals surface area contributed by atoms with Gasteiger partial charge >= 0.3 is 0 Å². The third-order valence-corrected chi connectivity index (χ3v) is 7.90. The number of nitrogens with zero attached hydrogens (tertiary/aromatic N) is 1. The normalized spacial score (nSPS) is 30.6. The number of benzene rings is 1. The molecule has 4 nitrogen and oxygen atoms in total. The predicted octanol–water partition coefficient (Wildman–Crippen LogP) is 4.24. The van der Waals surface area contributed by atoms with Gasteiger partial charge < -0.3 is 11.1 Å². The van der Waals surface area contributed by atoms with Crippen molar-refractivity contribution in [3.8, 4) is 10.6 Å². The number of aromatic nitrogens is 1. The molecule has 1 aromatic carbocycles. The molecule has 1 amide bonds. The third kappa shape index (κ3) is 3.36. The number of rotatable bonds is 3. The predicted molar refractivity (Wildman–Crippen MR) is 111 cm³/mol. The van der Waals surface area contributed by atoms with Gasteiger partial charge in [-0.05, 0) is 74.6 Å². The van der Waals surface area contributed by atoms with Gasteiger partial charge in [-0.2, -0.15) is 0 Å². The molecule has 0 spiro atoms. The highest BCUT2D eigenvalue weighted by Crippen LogP contribution is 2.48. The van der Waals surface area contributed by atoms with Gasteiger partial charge in [-0.25, -0.2) is 9.37 Å². The molecule has 0 saturated heterocycles. The van der Waals surface area contributed by atoms with E-state index in [4.69, 9.17) is 10.7 Å². The molecule has 5 atom stereocenters. The highest BCUT2D eigenvalue weighted by Gasteiger charge is 2.49. The quantitative estimate of drug-likeness (QED) is 0.778. The highest BCUT2D eigenvalue weighted by molar-refractivity contribution is 7.15. The molecule has 2 saturated carbocycles. The molecule has 28 heavy (non-hydrogen) atoms. The number of nitrogens with two attached hydrogens (primary N) is 1. The van der Waals surface area contributed by atoms with Gasteiger partial charge in [0.05, 0.1) is 22.5 Å². The van der Waals surface area contributed by atoms with Crippen molar-refractivity contribution in [2.24, 2.45) is 23.5 Å². The monoisotopic (exact) mass is 421 g/mol. The lowest BCUT2D eigenvalue weighted by molar-refractivity contribution is -0.127. The van der Waals surface area contributed by atoms with Gasteiger partial charge in [-0.1, -0.05) is 0 Å². The summed E-state index contributed by atoms with van der Waals surface area (Å²) in [5.74, 6) is 0.848. The molecule has 2 aromatic rings. The van der Waals surface area contributed by atoms with E-state index in [0.717, 1.165) is 53.2 Å². The van der Waals surface area contributed by atoms with Crippen LogP contribution in [-0.4, -0.2) is 16.9 Å². The van der Waals surface area contributed by atoms with Crippen LogP contribution in [0.5, 0.6) is 0 Å². The molecule has 2 fully saturated rings. The number of hydrogen-bond acceptors (Lipinski definition) is 4. The molecular weight excluding hydrogens is 397 g/mol. The second kappa shape index (κ2) is 7.73. The Hall–Kier alpha value is -1.50. The summed E-state index contributed by atoms with van der Waals surface area (Å²) in [6, 6.07) is 6.50. The lowest BCUT2D eigenvalue weighted by Crippen LogP contribution is -2.46. The summed E-state index contributed by atoms with van der Waals surface area (Å²) < 4.78 is 13.2. The first-order chi connectivity index (χ1) is 13.1. The van der Waals surface area contributed by atoms with Crippen LogP contribution >= 0.6 is 23.7 Å². The smallest absolute Gasteiger partial charge is 0.225 e. The average Bonchev–Trinajstić information content (AvgIpc) is 3.36. The molecule has 2 bridgehead atoms. The van der Waals surface area contributed by atoms with Crippen molar-refractivity contribution in [1.29, 1.82) is 0 Å². The summed E-state index contributed by atoms with van der Waals surface area (Å²) in [4.78, 5) is 18.9. The SMILES string of the molecule is Cl.NC1C2CCC(C2)C1C(=O)NC1CCCc2nc(-c3ccc(F)cc3)sc21. The molecule has 1 aromatic heterocycles. The van der Waals surface area contributed by atoms with Crippen LogP contribution in [0.25, 0.3) is 10.6 Å². The second-order valence-electron chi connectivity index (χ2n) is 8.23. The minimum atomic E-state index is -0.243. The summed E-state index contributed by atoms with van der Waals surface area (Å²) in [6.07, 6.45) is 6.34. The zero-order chi connectivity index (χ0) is 18.5. The fourth-order valence-electron chi connectivity index (χ4n) is 5.27. The van der Waals surface area contributed by atoms with Gasteiger partial charge in [-0.3, -0.25) is 4.79 Å². The van der Waals surface area contributed by atoms with Gasteiger partial charge in [0, 0.05) is 11.6 Å². The van der Waals surface area contributed by atoms with E-state index in [-0.39, 0.29) is 42.1 Å². The average molecular weight is 422 g/mol. The molecule has 3 aliphatic carbocycles. The second-order valence-corrected chi connectivity index (χ2v) is 9.26. The minimum Gasteiger partial charge on any atom is -0.348 e. The van der Waals surface area contributed by atoms with E-state index in [1.54, 1.807) is 23.5 Å². The Morgan fingerprint density at radius 2 is 1.93 bits per heavy atom. The van der Waals surface area contributed by atoms with E-state index in [2.05, 4.69) is 5.32 Å². The maximum absolute atomic E-state index is 13.2. The molecule has 0 radical (unpaired) electrons. The van der Waals surface area contributed by atoms with E-state index >= 15 is 0 Å². The van der Waals surface area contributed by atoms with Crippen molar-refractivity contribution < 1.29 is 9.18 Å². The topological polar surface area (TPSA) is 68.0 Å². The zero-order valence-electron chi connectivity index (χ0n) is 15.6. The summed E-state index contributed by atoms with van der Waals surface area (Å²) in [7, 11) is 0. The summed E-state index contributed by atoms with van der Waals surface area (Å²) >= 11 is 1.62. The van der Waals surface area contributed by atoms with Gasteiger partial charge in [0.15, 0.2) is 0 Å². The van der Waals surface area contributed by atoms with Crippen molar-refractivity contribution >= 4 is 29.7 Å². The third-order valence-electron chi connectivity index (χ3n) is 6.64. The van der Waals surface area contributed by atoms with Crippen LogP contribution in [0, 0.1) is 23.6 Å². The van der Waals surface area contributed by atoms with Gasteiger partial charge in [-0.15, -0.1) is 23.7 Å². The Morgan fingerprint density at radius 1 is 1.18 bits per heavy atom. The molecule has 0 aliphatic heterocycles. The van der Waals surface area contributed by atoms with E-state index in [1.165, 1.54) is 18.6 Å². The first kappa shape index (κ1) is 19.8. The van der Waals surface area contributed by atoms with Crippen molar-refractivity contribution in [3.63, 3.8) is 0 Å². The van der Waals surface area contributed by atoms with Crippen LogP contribution < -0.4 is 11.1 Å². The first-order valence-corrected chi connectivity index (χ1v) is 10.7. The first-order valence-electron chi connectivity index (χ1n) is 9.91. The number of hydrogen-bond donors (Lipinski definition) is 2. The zero-order valence-corrected chi connectivity index (χ0v) is 17.2. The minimum absolute atomic E-state index is 0. The van der Waals surface area contributed by atoms with Crippen LogP contribution in [0.3, 0.4) is 0 Å². The number of halogens is 2. The Balaban J connectivity index is 0.00000192. The van der Waals surface area contributed by atoms with Gasteiger partial charge in [0.1, 0.15) is 10.8 Å². The van der Waals surface area contributed by atoms with Crippen LogP contribution in [0.15, 0.2) is 24.3 Å². The fraction of sp³-hybridized carbons (Fsp3) is 0.524. The van der Waals surface area contributed by atoms with Gasteiger partial charge in [0.25, 0.3) is 0 Å². The molecule has 1 heterocycles. The standard InChI is InChI=1S/C21H24FN3OS.ClH/c22-14-8-6-11(7-9-14)21-25-16-3-1-2-15(19(16)27-21)24-20(26)17-12-4-5-13(10-12)18(17)23;/h6-9,12-13,15,17-18H,1-5,10,23H2,(H,24,26);1H. The number of carbonyl (C=O) groups is 1. The summed E-state index contributed by atoms with van der Waals surface area (Å²) in [6.45, 7) is 0. The Bertz CT molecular complexity index is 869. The lowest BCUT2D eigenvalue weighted by atomic mass is 9.84. The molecule has 150 valence electrons. The van der Waals surface area contributed by atoms with Crippen LogP contribution in [0.1, 0.15) is 48.7 Å². The van der Waals surface area contributed by atoms with Crippen LogP contribution in [0.4, 0.5) is 4.39 Å². The molecule has 5 rings (SSSR count). The molecule has 3 N–H and O–H groups in total. The van der Waals surface area contributed by atoms with Crippen molar-refractivity contribution in [2.45, 2.75) is 50.6 Å². The number of aryl methyl sites for hydroxylation is 1. The maximum atomic E-state index is 13.2. The summed E-state index contributed by atoms with van der Waals surface area (Å²) in [5.41, 5.74) is 8.36. The Labute approximate surface area is 174 Å². The number of fused-ring (bicyclic) bond motifs is 3. The number of carbonyl (C=O) groups excluding carboxylic acids is 1. The number of thiazole rings is 1. The van der Waals surface area contributed by atoms with E-state index < -0.39 is 0 Å². The van der Waals surface area contributed by atoms with E-state index in [0.29, 0.717) is 11.8 Å². The maximum Gasteiger partial charge on any atom is 0.225 e. The van der Waals surface area contributed by atoms with Crippen molar-refractivity contribution in [2.75, 3.05) is 0 Å². The molecule has 7 heteroatoms. The van der Waals surface area contributed by atoms with E-state index in [9.17, 15) is 9.18 Å². The molecule has 3 aliphatic rings. The molecule has 5 unspecified atom stereocenters.